The minimum absolute atomic E-state index is 0.552. The molecule has 1 fully saturated rings. The van der Waals surface area contributed by atoms with Crippen LogP contribution in [0.15, 0.2) is 18.2 Å². The van der Waals surface area contributed by atoms with Crippen molar-refractivity contribution in [3.63, 3.8) is 0 Å². The quantitative estimate of drug-likeness (QED) is 0.658. The molecule has 1 aliphatic rings. The first-order valence-electron chi connectivity index (χ1n) is 4.71. The summed E-state index contributed by atoms with van der Waals surface area (Å²) >= 11 is 0. The van der Waals surface area contributed by atoms with Crippen molar-refractivity contribution in [1.82, 2.24) is 0 Å². The van der Waals surface area contributed by atoms with Crippen LogP contribution < -0.4 is 10.2 Å². The van der Waals surface area contributed by atoms with E-state index in [1.54, 1.807) is 18.2 Å². The molecule has 1 aromatic rings. The van der Waals surface area contributed by atoms with Crippen LogP contribution in [0.3, 0.4) is 0 Å². The number of nitriles is 1. The van der Waals surface area contributed by atoms with Crippen LogP contribution in [0.1, 0.15) is 18.4 Å². The summed E-state index contributed by atoms with van der Waals surface area (Å²) < 4.78 is 5.52. The van der Waals surface area contributed by atoms with Gasteiger partial charge in [0.2, 0.25) is 0 Å². The molecule has 3 heteroatoms. The Morgan fingerprint density at radius 3 is 2.86 bits per heavy atom. The highest BCUT2D eigenvalue weighted by Gasteiger charge is 2.21. The molecule has 2 radical (unpaired) electrons. The monoisotopic (exact) mass is 183 g/mol. The number of benzene rings is 1. The lowest BCUT2D eigenvalue weighted by Crippen LogP contribution is -2.06. The maximum atomic E-state index is 8.72. The largest absolute Gasteiger partial charge is 0.493 e. The molecule has 0 aromatic heterocycles. The Labute approximate surface area is 84.9 Å². The van der Waals surface area contributed by atoms with Crippen LogP contribution in [0.4, 0.5) is 0 Å². The number of hydrogen-bond donors (Lipinski definition) is 0. The van der Waals surface area contributed by atoms with Crippen LogP contribution in [-0.4, -0.2) is 14.5 Å². The highest BCUT2D eigenvalue weighted by Crippen LogP contribution is 2.29. The lowest BCUT2D eigenvalue weighted by Gasteiger charge is -2.06. The van der Waals surface area contributed by atoms with Crippen LogP contribution in [0, 0.1) is 17.2 Å². The zero-order chi connectivity index (χ0) is 9.97. The Morgan fingerprint density at radius 2 is 2.21 bits per heavy atom. The van der Waals surface area contributed by atoms with Crippen LogP contribution in [0.2, 0.25) is 0 Å². The van der Waals surface area contributed by atoms with Crippen molar-refractivity contribution < 1.29 is 4.74 Å². The second-order valence-corrected chi connectivity index (χ2v) is 3.66. The Bertz CT molecular complexity index is 379. The number of nitrogens with zero attached hydrogens (tertiary/aromatic N) is 1. The second kappa shape index (κ2) is 3.75. The van der Waals surface area contributed by atoms with Gasteiger partial charge in [0.1, 0.15) is 13.6 Å². The second-order valence-electron chi connectivity index (χ2n) is 3.66. The highest BCUT2D eigenvalue weighted by atomic mass is 16.5. The summed E-state index contributed by atoms with van der Waals surface area (Å²) in [6, 6.07) is 7.17. The van der Waals surface area contributed by atoms with E-state index in [2.05, 4.69) is 6.07 Å². The third-order valence-electron chi connectivity index (χ3n) is 2.24. The Morgan fingerprint density at radius 1 is 1.43 bits per heavy atom. The highest BCUT2D eigenvalue weighted by molar-refractivity contribution is 6.32. The lowest BCUT2D eigenvalue weighted by atomic mass is 9.94. The maximum Gasteiger partial charge on any atom is 0.120 e. The van der Waals surface area contributed by atoms with E-state index in [0.29, 0.717) is 22.7 Å². The van der Waals surface area contributed by atoms with Gasteiger partial charge in [-0.25, -0.2) is 0 Å². The van der Waals surface area contributed by atoms with E-state index in [1.165, 1.54) is 12.8 Å². The molecule has 0 amide bonds. The summed E-state index contributed by atoms with van der Waals surface area (Å²) in [7, 11) is 5.63. The third kappa shape index (κ3) is 2.29. The number of hydrogen-bond acceptors (Lipinski definition) is 2. The maximum absolute atomic E-state index is 8.72. The Hall–Kier alpha value is -1.43. The predicted octanol–water partition coefficient (Wildman–Crippen LogP) is 1.14. The van der Waals surface area contributed by atoms with Crippen LogP contribution in [0.25, 0.3) is 0 Å². The van der Waals surface area contributed by atoms with E-state index in [9.17, 15) is 0 Å². The molecule has 2 rings (SSSR count). The van der Waals surface area contributed by atoms with Gasteiger partial charge in [-0.3, -0.25) is 0 Å². The van der Waals surface area contributed by atoms with Crippen molar-refractivity contribution in [3.05, 3.63) is 23.8 Å². The number of ether oxygens (including phenoxy) is 1. The van der Waals surface area contributed by atoms with E-state index in [0.717, 1.165) is 6.61 Å². The summed E-state index contributed by atoms with van der Waals surface area (Å²) in [6.07, 6.45) is 2.51. The molecule has 0 aliphatic heterocycles. The van der Waals surface area contributed by atoms with Gasteiger partial charge >= 0.3 is 0 Å². The van der Waals surface area contributed by atoms with Gasteiger partial charge in [0.25, 0.3) is 0 Å². The van der Waals surface area contributed by atoms with Crippen LogP contribution in [0.5, 0.6) is 5.75 Å². The molecule has 1 aromatic carbocycles. The molecule has 1 aliphatic carbocycles. The third-order valence-corrected chi connectivity index (χ3v) is 2.24. The zero-order valence-corrected chi connectivity index (χ0v) is 7.86. The fourth-order valence-corrected chi connectivity index (χ4v) is 1.27. The van der Waals surface area contributed by atoms with Gasteiger partial charge < -0.3 is 4.74 Å². The van der Waals surface area contributed by atoms with Crippen LogP contribution in [-0.2, 0) is 0 Å². The lowest BCUT2D eigenvalue weighted by molar-refractivity contribution is 0.300. The molecule has 2 nitrogen and oxygen atoms in total. The summed E-state index contributed by atoms with van der Waals surface area (Å²) in [5, 5.41) is 8.72. The van der Waals surface area contributed by atoms with Gasteiger partial charge in [-0.2, -0.15) is 5.26 Å². The first kappa shape index (κ1) is 9.14. The Kier molecular flexibility index (Phi) is 2.45. The van der Waals surface area contributed by atoms with Crippen molar-refractivity contribution in [1.29, 1.82) is 5.26 Å². The molecule has 0 atom stereocenters. The van der Waals surface area contributed by atoms with E-state index >= 15 is 0 Å². The summed E-state index contributed by atoms with van der Waals surface area (Å²) in [5.41, 5.74) is 1.13. The predicted molar refractivity (Wildman–Crippen MR) is 54.8 cm³/mol. The zero-order valence-electron chi connectivity index (χ0n) is 7.86. The van der Waals surface area contributed by atoms with Gasteiger partial charge in [0, 0.05) is 0 Å². The molecule has 0 saturated heterocycles. The van der Waals surface area contributed by atoms with E-state index in [-0.39, 0.29) is 0 Å². The summed E-state index contributed by atoms with van der Waals surface area (Å²) in [5.74, 6) is 1.41. The SMILES string of the molecule is [B]c1cc(C#N)cc(OCC2CC2)c1. The average molecular weight is 183 g/mol. The standard InChI is InChI=1S/C11H10BNO/c12-10-3-9(6-13)4-11(5-10)14-7-8-1-2-8/h3-5,8H,1-2,7H2. The van der Waals surface area contributed by atoms with Gasteiger partial charge in [-0.05, 0) is 30.9 Å². The van der Waals surface area contributed by atoms with Crippen molar-refractivity contribution in [2.45, 2.75) is 12.8 Å². The topological polar surface area (TPSA) is 33.0 Å². The fraction of sp³-hybridized carbons (Fsp3) is 0.364. The van der Waals surface area contributed by atoms with Gasteiger partial charge in [-0.1, -0.05) is 11.5 Å². The smallest absolute Gasteiger partial charge is 0.120 e. The van der Waals surface area contributed by atoms with Crippen molar-refractivity contribution in [2.24, 2.45) is 5.92 Å². The minimum atomic E-state index is 0.552. The first-order valence-corrected chi connectivity index (χ1v) is 4.71. The molecule has 0 bridgehead atoms. The molecule has 68 valence electrons. The van der Waals surface area contributed by atoms with Crippen molar-refractivity contribution >= 4 is 13.3 Å². The molecule has 0 N–H and O–H groups in total. The molecule has 0 unspecified atom stereocenters. The van der Waals surface area contributed by atoms with Crippen LogP contribution >= 0.6 is 0 Å². The van der Waals surface area contributed by atoms with Gasteiger partial charge in [0.05, 0.1) is 18.2 Å². The van der Waals surface area contributed by atoms with E-state index in [4.69, 9.17) is 17.8 Å². The van der Waals surface area contributed by atoms with Crippen molar-refractivity contribution in [2.75, 3.05) is 6.61 Å². The fourth-order valence-electron chi connectivity index (χ4n) is 1.27. The minimum Gasteiger partial charge on any atom is -0.493 e. The molecular weight excluding hydrogens is 173 g/mol. The summed E-state index contributed by atoms with van der Waals surface area (Å²) in [4.78, 5) is 0. The molecule has 0 heterocycles. The first-order chi connectivity index (χ1) is 6.78. The van der Waals surface area contributed by atoms with Gasteiger partial charge in [0.15, 0.2) is 0 Å². The summed E-state index contributed by atoms with van der Waals surface area (Å²) in [6.45, 7) is 0.744. The molecule has 1 saturated carbocycles. The van der Waals surface area contributed by atoms with Gasteiger partial charge in [-0.15, -0.1) is 0 Å². The van der Waals surface area contributed by atoms with E-state index in [1.807, 2.05) is 0 Å². The Balaban J connectivity index is 2.07. The number of rotatable bonds is 3. The van der Waals surface area contributed by atoms with Crippen molar-refractivity contribution in [3.8, 4) is 11.8 Å². The molecule has 0 spiro atoms. The molecule has 14 heavy (non-hydrogen) atoms. The normalized spacial score (nSPS) is 14.8. The average Bonchev–Trinajstić information content (AvgIpc) is 2.97. The molecular formula is C11H10BNO. The van der Waals surface area contributed by atoms with E-state index < -0.39 is 0 Å².